The van der Waals surface area contributed by atoms with Crippen LogP contribution in [0.2, 0.25) is 0 Å². The van der Waals surface area contributed by atoms with Gasteiger partial charge in [0.1, 0.15) is 11.9 Å². The van der Waals surface area contributed by atoms with E-state index in [2.05, 4.69) is 0 Å². The van der Waals surface area contributed by atoms with Gasteiger partial charge in [0.15, 0.2) is 0 Å². The van der Waals surface area contributed by atoms with E-state index >= 15 is 0 Å². The molecule has 1 aliphatic rings. The third-order valence-corrected chi connectivity index (χ3v) is 3.02. The van der Waals surface area contributed by atoms with Gasteiger partial charge in [0.25, 0.3) is 0 Å². The number of benzene rings is 1. The monoisotopic (exact) mass is 237 g/mol. The van der Waals surface area contributed by atoms with Crippen LogP contribution in [0.25, 0.3) is 0 Å². The highest BCUT2D eigenvalue weighted by Gasteiger charge is 2.25. The molecule has 1 aromatic rings. The Morgan fingerprint density at radius 2 is 1.94 bits per heavy atom. The lowest BCUT2D eigenvalue weighted by atomic mass is 10.0. The fraction of sp³-hybridized carbons (Fsp3) is 0.538. The molecule has 2 unspecified atom stereocenters. The maximum atomic E-state index is 6.15. The summed E-state index contributed by atoms with van der Waals surface area (Å²) in [4.78, 5) is 0. The summed E-state index contributed by atoms with van der Waals surface area (Å²) in [5.74, 6) is 0.835. The van der Waals surface area contributed by atoms with Crippen molar-refractivity contribution in [3.8, 4) is 5.75 Å². The van der Waals surface area contributed by atoms with Gasteiger partial charge >= 0.3 is 0 Å². The Hall–Kier alpha value is -1.10. The Morgan fingerprint density at radius 3 is 2.41 bits per heavy atom. The third-order valence-electron chi connectivity index (χ3n) is 3.02. The molecule has 0 aliphatic carbocycles. The number of ether oxygens (including phenoxy) is 3. The second-order valence-corrected chi connectivity index (χ2v) is 4.30. The van der Waals surface area contributed by atoms with E-state index in [1.807, 2.05) is 31.2 Å². The van der Waals surface area contributed by atoms with Crippen LogP contribution in [0.15, 0.2) is 24.3 Å². The van der Waals surface area contributed by atoms with Crippen LogP contribution < -0.4 is 10.5 Å². The molecule has 0 aromatic heterocycles. The second-order valence-electron chi connectivity index (χ2n) is 4.30. The molecule has 1 heterocycles. The molecule has 2 atom stereocenters. The first-order valence-corrected chi connectivity index (χ1v) is 5.83. The van der Waals surface area contributed by atoms with Gasteiger partial charge in [-0.15, -0.1) is 0 Å². The van der Waals surface area contributed by atoms with Crippen LogP contribution >= 0.6 is 0 Å². The first-order valence-electron chi connectivity index (χ1n) is 5.83. The highest BCUT2D eigenvalue weighted by Crippen LogP contribution is 2.21. The summed E-state index contributed by atoms with van der Waals surface area (Å²) in [6.45, 7) is 3.35. The van der Waals surface area contributed by atoms with Crippen molar-refractivity contribution in [1.29, 1.82) is 0 Å². The summed E-state index contributed by atoms with van der Waals surface area (Å²) in [6, 6.07) is 7.64. The number of hydrogen-bond acceptors (Lipinski definition) is 4. The Bertz CT molecular complexity index is 348. The smallest absolute Gasteiger partial charge is 0.118 e. The van der Waals surface area contributed by atoms with Crippen LogP contribution in [-0.2, 0) is 9.47 Å². The summed E-state index contributed by atoms with van der Waals surface area (Å²) in [5, 5.41) is 0. The SMILES string of the molecule is COc1ccc(C(N)C(C)OC2COC2)cc1. The van der Waals surface area contributed by atoms with Crippen LogP contribution in [0.5, 0.6) is 5.75 Å². The van der Waals surface area contributed by atoms with Crippen molar-refractivity contribution in [3.63, 3.8) is 0 Å². The molecular weight excluding hydrogens is 218 g/mol. The molecule has 2 rings (SSSR count). The second kappa shape index (κ2) is 5.49. The predicted octanol–water partition coefficient (Wildman–Crippen LogP) is 1.50. The Labute approximate surface area is 102 Å². The van der Waals surface area contributed by atoms with Crippen molar-refractivity contribution in [2.45, 2.75) is 25.2 Å². The average Bonchev–Trinajstić information content (AvgIpc) is 2.32. The third kappa shape index (κ3) is 2.97. The van der Waals surface area contributed by atoms with E-state index in [0.29, 0.717) is 13.2 Å². The van der Waals surface area contributed by atoms with E-state index in [9.17, 15) is 0 Å². The molecule has 4 heteroatoms. The fourth-order valence-electron chi connectivity index (χ4n) is 1.78. The fourth-order valence-corrected chi connectivity index (χ4v) is 1.78. The van der Waals surface area contributed by atoms with E-state index in [4.69, 9.17) is 19.9 Å². The van der Waals surface area contributed by atoms with Crippen molar-refractivity contribution < 1.29 is 14.2 Å². The van der Waals surface area contributed by atoms with Crippen LogP contribution in [-0.4, -0.2) is 32.5 Å². The van der Waals surface area contributed by atoms with Gasteiger partial charge in [-0.05, 0) is 24.6 Å². The van der Waals surface area contributed by atoms with E-state index < -0.39 is 0 Å². The number of rotatable bonds is 5. The summed E-state index contributed by atoms with van der Waals surface area (Å²) in [5.41, 5.74) is 7.20. The van der Waals surface area contributed by atoms with Gasteiger partial charge in [0, 0.05) is 0 Å². The van der Waals surface area contributed by atoms with Crippen LogP contribution in [0.4, 0.5) is 0 Å². The van der Waals surface area contributed by atoms with Crippen molar-refractivity contribution in [2.24, 2.45) is 5.73 Å². The lowest BCUT2D eigenvalue weighted by molar-refractivity contribution is -0.155. The topological polar surface area (TPSA) is 53.7 Å². The maximum Gasteiger partial charge on any atom is 0.118 e. The minimum Gasteiger partial charge on any atom is -0.497 e. The van der Waals surface area contributed by atoms with Crippen LogP contribution in [0.1, 0.15) is 18.5 Å². The molecule has 4 nitrogen and oxygen atoms in total. The Morgan fingerprint density at radius 1 is 1.29 bits per heavy atom. The summed E-state index contributed by atoms with van der Waals surface area (Å²) >= 11 is 0. The van der Waals surface area contributed by atoms with Crippen LogP contribution in [0.3, 0.4) is 0 Å². The van der Waals surface area contributed by atoms with Crippen molar-refractivity contribution in [1.82, 2.24) is 0 Å². The van der Waals surface area contributed by atoms with Gasteiger partial charge in [-0.1, -0.05) is 12.1 Å². The molecule has 1 saturated heterocycles. The quantitative estimate of drug-likeness (QED) is 0.843. The molecule has 2 N–H and O–H groups in total. The molecule has 1 aliphatic heterocycles. The summed E-state index contributed by atoms with van der Waals surface area (Å²) in [7, 11) is 1.65. The molecule has 0 spiro atoms. The average molecular weight is 237 g/mol. The molecule has 17 heavy (non-hydrogen) atoms. The molecular formula is C13H19NO3. The molecule has 0 saturated carbocycles. The minimum absolute atomic E-state index is 0.0164. The molecule has 0 radical (unpaired) electrons. The molecule has 1 aromatic carbocycles. The molecule has 0 amide bonds. The van der Waals surface area contributed by atoms with Crippen molar-refractivity contribution in [2.75, 3.05) is 20.3 Å². The van der Waals surface area contributed by atoms with E-state index in [0.717, 1.165) is 11.3 Å². The van der Waals surface area contributed by atoms with Gasteiger partial charge in [-0.25, -0.2) is 0 Å². The lowest BCUT2D eigenvalue weighted by Gasteiger charge is -2.31. The number of nitrogens with two attached hydrogens (primary N) is 1. The van der Waals surface area contributed by atoms with Gasteiger partial charge in [-0.2, -0.15) is 0 Å². The minimum atomic E-state index is -0.124. The lowest BCUT2D eigenvalue weighted by Crippen LogP contribution is -2.41. The van der Waals surface area contributed by atoms with E-state index in [1.165, 1.54) is 0 Å². The highest BCUT2D eigenvalue weighted by molar-refractivity contribution is 5.29. The largest absolute Gasteiger partial charge is 0.497 e. The molecule has 0 bridgehead atoms. The van der Waals surface area contributed by atoms with Crippen molar-refractivity contribution >= 4 is 0 Å². The zero-order valence-corrected chi connectivity index (χ0v) is 10.3. The Kier molecular flexibility index (Phi) is 3.99. The standard InChI is InChI=1S/C13H19NO3/c1-9(17-12-7-16-8-12)13(14)10-3-5-11(15-2)6-4-10/h3-6,9,12-13H,7-8,14H2,1-2H3. The van der Waals surface area contributed by atoms with Gasteiger partial charge in [0.2, 0.25) is 0 Å². The van der Waals surface area contributed by atoms with Crippen LogP contribution in [0, 0.1) is 0 Å². The van der Waals surface area contributed by atoms with Gasteiger partial charge in [-0.3, -0.25) is 0 Å². The zero-order chi connectivity index (χ0) is 12.3. The normalized spacial score (nSPS) is 19.5. The Balaban J connectivity index is 1.94. The number of hydrogen-bond donors (Lipinski definition) is 1. The van der Waals surface area contributed by atoms with Gasteiger partial charge in [0.05, 0.1) is 32.5 Å². The van der Waals surface area contributed by atoms with Crippen molar-refractivity contribution in [3.05, 3.63) is 29.8 Å². The van der Waals surface area contributed by atoms with E-state index in [1.54, 1.807) is 7.11 Å². The number of methoxy groups -OCH3 is 1. The summed E-state index contributed by atoms with van der Waals surface area (Å²) in [6.07, 6.45) is 0.187. The van der Waals surface area contributed by atoms with Gasteiger partial charge < -0.3 is 19.9 Å². The first kappa shape index (κ1) is 12.4. The first-order chi connectivity index (χ1) is 8.20. The predicted molar refractivity (Wildman–Crippen MR) is 65.1 cm³/mol. The maximum absolute atomic E-state index is 6.15. The zero-order valence-electron chi connectivity index (χ0n) is 10.3. The summed E-state index contributed by atoms with van der Waals surface area (Å²) < 4.78 is 16.0. The molecule has 1 fully saturated rings. The molecule has 94 valence electrons. The van der Waals surface area contributed by atoms with E-state index in [-0.39, 0.29) is 18.2 Å². The highest BCUT2D eigenvalue weighted by atomic mass is 16.6.